The Morgan fingerprint density at radius 1 is 1.20 bits per heavy atom. The highest BCUT2D eigenvalue weighted by atomic mass is 35.5. The van der Waals surface area contributed by atoms with Crippen molar-refractivity contribution in [3.05, 3.63) is 63.5 Å². The minimum atomic E-state index is -1.61. The molecule has 1 saturated heterocycles. The van der Waals surface area contributed by atoms with E-state index in [0.29, 0.717) is 69.4 Å². The lowest BCUT2D eigenvalue weighted by Crippen LogP contribution is -2.56. The van der Waals surface area contributed by atoms with Gasteiger partial charge in [0.2, 0.25) is 5.91 Å². The number of fused-ring (bicyclic) bond motifs is 1. The van der Waals surface area contributed by atoms with Crippen molar-refractivity contribution in [3.63, 3.8) is 0 Å². The summed E-state index contributed by atoms with van der Waals surface area (Å²) in [7, 11) is 1.63. The number of benzene rings is 1. The molecule has 3 aliphatic carbocycles. The number of carboxylic acids is 1. The van der Waals surface area contributed by atoms with Gasteiger partial charge >= 0.3 is 5.97 Å². The molecule has 1 N–H and O–H groups in total. The van der Waals surface area contributed by atoms with Gasteiger partial charge in [-0.25, -0.2) is 9.07 Å². The van der Waals surface area contributed by atoms with Crippen LogP contribution in [0.15, 0.2) is 30.4 Å². The number of ether oxygens (including phenoxy) is 1. The summed E-state index contributed by atoms with van der Waals surface area (Å²) < 4.78 is 22.4. The molecule has 40 heavy (non-hydrogen) atoms. The summed E-state index contributed by atoms with van der Waals surface area (Å²) in [6.07, 6.45) is 7.56. The monoisotopic (exact) mass is 569 g/mol. The van der Waals surface area contributed by atoms with Crippen LogP contribution in [0.5, 0.6) is 0 Å². The highest BCUT2D eigenvalue weighted by Crippen LogP contribution is 2.48. The third-order valence-corrected chi connectivity index (χ3v) is 9.54. The highest BCUT2D eigenvalue weighted by molar-refractivity contribution is 6.34. The van der Waals surface area contributed by atoms with Crippen molar-refractivity contribution < 1.29 is 28.6 Å². The normalized spacial score (nSPS) is 25.6. The number of nitrogens with zero attached hydrogens (tertiary/aromatic N) is 3. The third-order valence-electron chi connectivity index (χ3n) is 9.22. The lowest BCUT2D eigenvalue weighted by molar-refractivity contribution is -0.148. The van der Waals surface area contributed by atoms with Crippen molar-refractivity contribution in [1.29, 1.82) is 0 Å². The van der Waals surface area contributed by atoms with E-state index < -0.39 is 23.5 Å². The number of rotatable bonds is 6. The van der Waals surface area contributed by atoms with Crippen LogP contribution in [0.1, 0.15) is 77.3 Å². The predicted octanol–water partition coefficient (Wildman–Crippen LogP) is 4.67. The fourth-order valence-corrected chi connectivity index (χ4v) is 6.87. The number of amides is 1. The number of methoxy groups -OCH3 is 1. The Morgan fingerprint density at radius 2 is 1.98 bits per heavy atom. The fourth-order valence-electron chi connectivity index (χ4n) is 6.61. The Balaban J connectivity index is 1.40. The van der Waals surface area contributed by atoms with E-state index in [-0.39, 0.29) is 40.0 Å². The zero-order valence-electron chi connectivity index (χ0n) is 22.4. The van der Waals surface area contributed by atoms with Crippen molar-refractivity contribution in [3.8, 4) is 0 Å². The largest absolute Gasteiger partial charge is 0.481 e. The molecule has 2 aromatic rings. The Kier molecular flexibility index (Phi) is 7.07. The second-order valence-corrected chi connectivity index (χ2v) is 12.0. The van der Waals surface area contributed by atoms with Crippen LogP contribution in [0.3, 0.4) is 0 Å². The smallest absolute Gasteiger partial charge is 0.306 e. The van der Waals surface area contributed by atoms with E-state index in [0.717, 1.165) is 12.0 Å². The number of likely N-dealkylation sites (tertiary alicyclic amines) is 1. The lowest BCUT2D eigenvalue weighted by atomic mass is 9.75. The van der Waals surface area contributed by atoms with Crippen molar-refractivity contribution in [2.45, 2.75) is 69.1 Å². The first-order chi connectivity index (χ1) is 19.2. The number of aliphatic carboxylic acids is 1. The van der Waals surface area contributed by atoms with Gasteiger partial charge in [0.05, 0.1) is 34.0 Å². The van der Waals surface area contributed by atoms with Crippen LogP contribution in [-0.4, -0.2) is 63.9 Å². The second kappa shape index (κ2) is 10.4. The van der Waals surface area contributed by atoms with E-state index in [9.17, 15) is 19.5 Å². The standard InChI is InChI=1S/C30H33ClFN3O5/c1-40-20-15-34(16-20)27(36)18-9-10-21-24(14-18)35(33-26(21)17-5-2-6-19(13-17)29(38)39)28(37)25-22(7-3-8-23(25)31)30(32)11-4-12-30/h2-3,5,7-8,17-20H,4,6,9-16H2,1H3,(H,38,39). The Labute approximate surface area is 237 Å². The minimum absolute atomic E-state index is 0.0276. The number of hydrogen-bond donors (Lipinski definition) is 1. The number of allylic oxidation sites excluding steroid dienone is 2. The van der Waals surface area contributed by atoms with E-state index in [1.54, 1.807) is 30.2 Å². The van der Waals surface area contributed by atoms with Crippen LogP contribution in [0, 0.1) is 11.8 Å². The minimum Gasteiger partial charge on any atom is -0.481 e. The molecule has 1 saturated carbocycles. The second-order valence-electron chi connectivity index (χ2n) is 11.6. The van der Waals surface area contributed by atoms with Gasteiger partial charge in [-0.1, -0.05) is 35.9 Å². The molecule has 1 aliphatic heterocycles. The highest BCUT2D eigenvalue weighted by Gasteiger charge is 2.44. The van der Waals surface area contributed by atoms with Gasteiger partial charge in [-0.15, -0.1) is 0 Å². The maximum absolute atomic E-state index is 15.7. The maximum atomic E-state index is 15.7. The van der Waals surface area contributed by atoms with E-state index in [2.05, 4.69) is 0 Å². The Bertz CT molecular complexity index is 1390. The molecular weight excluding hydrogens is 537 g/mol. The van der Waals surface area contributed by atoms with Crippen molar-refractivity contribution in [1.82, 2.24) is 14.7 Å². The van der Waals surface area contributed by atoms with Crippen LogP contribution in [-0.2, 0) is 32.8 Å². The number of alkyl halides is 1. The quantitative estimate of drug-likeness (QED) is 0.507. The molecule has 0 radical (unpaired) electrons. The first kappa shape index (κ1) is 27.1. The van der Waals surface area contributed by atoms with E-state index in [1.807, 2.05) is 12.2 Å². The number of carboxylic acid groups (broad SMARTS) is 1. The number of halogens is 2. The van der Waals surface area contributed by atoms with Crippen LogP contribution in [0.2, 0.25) is 5.02 Å². The van der Waals surface area contributed by atoms with Crippen LogP contribution in [0.25, 0.3) is 0 Å². The van der Waals surface area contributed by atoms with Crippen LogP contribution < -0.4 is 0 Å². The summed E-state index contributed by atoms with van der Waals surface area (Å²) in [5, 5.41) is 14.6. The van der Waals surface area contributed by atoms with Gasteiger partial charge in [-0.2, -0.15) is 5.10 Å². The SMILES string of the molecule is COC1CN(C(=O)C2CCc3c(C4C=CCC(C(=O)O)C4)nn(C(=O)c4c(Cl)cccc4C4(F)CCC4)c3C2)C1. The summed E-state index contributed by atoms with van der Waals surface area (Å²) in [5.41, 5.74) is 0.938. The molecule has 1 aromatic heterocycles. The van der Waals surface area contributed by atoms with Crippen molar-refractivity contribution >= 4 is 29.4 Å². The van der Waals surface area contributed by atoms with Gasteiger partial charge in [0, 0.05) is 44.0 Å². The molecular formula is C30H33ClFN3O5. The third kappa shape index (κ3) is 4.57. The van der Waals surface area contributed by atoms with Crippen LogP contribution in [0.4, 0.5) is 4.39 Å². The first-order valence-corrected chi connectivity index (χ1v) is 14.4. The molecule has 212 valence electrons. The average molecular weight is 570 g/mol. The van der Waals surface area contributed by atoms with Gasteiger partial charge in [-0.05, 0) is 56.6 Å². The molecule has 1 aromatic carbocycles. The summed E-state index contributed by atoms with van der Waals surface area (Å²) in [5.74, 6) is -2.47. The van der Waals surface area contributed by atoms with Crippen LogP contribution >= 0.6 is 11.6 Å². The maximum Gasteiger partial charge on any atom is 0.306 e. The number of carbonyl (C=O) groups is 3. The molecule has 0 spiro atoms. The molecule has 2 heterocycles. The molecule has 1 amide bonds. The fraction of sp³-hybridized carbons (Fsp3) is 0.533. The molecule has 8 nitrogen and oxygen atoms in total. The van der Waals surface area contributed by atoms with Gasteiger partial charge in [0.15, 0.2) is 0 Å². The Hall–Kier alpha value is -3.04. The molecule has 3 atom stereocenters. The molecule has 6 rings (SSSR count). The number of hydrogen-bond acceptors (Lipinski definition) is 5. The predicted molar refractivity (Wildman–Crippen MR) is 145 cm³/mol. The van der Waals surface area contributed by atoms with Crippen molar-refractivity contribution in [2.75, 3.05) is 20.2 Å². The summed E-state index contributed by atoms with van der Waals surface area (Å²) in [6, 6.07) is 4.87. The molecule has 10 heteroatoms. The van der Waals surface area contributed by atoms with Gasteiger partial charge in [0.25, 0.3) is 5.91 Å². The van der Waals surface area contributed by atoms with E-state index in [1.165, 1.54) is 4.68 Å². The number of aromatic nitrogens is 2. The van der Waals surface area contributed by atoms with Gasteiger partial charge in [-0.3, -0.25) is 14.4 Å². The summed E-state index contributed by atoms with van der Waals surface area (Å²) >= 11 is 6.55. The van der Waals surface area contributed by atoms with E-state index >= 15 is 4.39 Å². The molecule has 2 fully saturated rings. The molecule has 4 aliphatic rings. The van der Waals surface area contributed by atoms with Crippen molar-refractivity contribution in [2.24, 2.45) is 11.8 Å². The topological polar surface area (TPSA) is 102 Å². The van der Waals surface area contributed by atoms with E-state index in [4.69, 9.17) is 21.4 Å². The molecule has 3 unspecified atom stereocenters. The zero-order valence-corrected chi connectivity index (χ0v) is 23.2. The zero-order chi connectivity index (χ0) is 28.2. The lowest BCUT2D eigenvalue weighted by Gasteiger charge is -2.40. The number of carbonyl (C=O) groups excluding carboxylic acids is 2. The Morgan fingerprint density at radius 3 is 2.65 bits per heavy atom. The summed E-state index contributed by atoms with van der Waals surface area (Å²) in [6.45, 7) is 1.10. The first-order valence-electron chi connectivity index (χ1n) is 14.0. The van der Waals surface area contributed by atoms with Gasteiger partial charge in [0.1, 0.15) is 5.67 Å². The average Bonchev–Trinajstić information content (AvgIpc) is 3.29. The summed E-state index contributed by atoms with van der Waals surface area (Å²) in [4.78, 5) is 41.1. The molecule has 0 bridgehead atoms. The van der Waals surface area contributed by atoms with Gasteiger partial charge < -0.3 is 14.7 Å².